The van der Waals surface area contributed by atoms with E-state index in [0.717, 1.165) is 12.1 Å². The Morgan fingerprint density at radius 1 is 1.11 bits per heavy atom. The van der Waals surface area contributed by atoms with Gasteiger partial charge in [-0.3, -0.25) is 4.68 Å². The van der Waals surface area contributed by atoms with E-state index in [2.05, 4.69) is 18.2 Å². The first-order valence-electron chi connectivity index (χ1n) is 7.40. The highest BCUT2D eigenvalue weighted by Gasteiger charge is 2.03. The van der Waals surface area contributed by atoms with Gasteiger partial charge in [0.2, 0.25) is 0 Å². The van der Waals surface area contributed by atoms with Gasteiger partial charge in [-0.2, -0.15) is 5.10 Å². The van der Waals surface area contributed by atoms with E-state index < -0.39 is 0 Å². The van der Waals surface area contributed by atoms with Crippen molar-refractivity contribution in [3.05, 3.63) is 18.0 Å². The van der Waals surface area contributed by atoms with Crippen LogP contribution in [0.4, 0.5) is 0 Å². The Labute approximate surface area is 117 Å². The van der Waals surface area contributed by atoms with Crippen LogP contribution in [0.1, 0.15) is 76.2 Å². The lowest BCUT2D eigenvalue weighted by atomic mass is 10.1. The number of nitrogens with zero attached hydrogens (tertiary/aromatic N) is 2. The molecule has 0 fully saturated rings. The van der Waals surface area contributed by atoms with Gasteiger partial charge in [0.15, 0.2) is 0 Å². The molecule has 104 valence electrons. The van der Waals surface area contributed by atoms with Gasteiger partial charge < -0.3 is 0 Å². The molecule has 0 N–H and O–H groups in total. The van der Waals surface area contributed by atoms with Crippen LogP contribution in [-0.2, 0) is 6.54 Å². The number of hydrogen-bond donors (Lipinski definition) is 0. The summed E-state index contributed by atoms with van der Waals surface area (Å²) in [5.74, 6) is 0. The van der Waals surface area contributed by atoms with E-state index in [0.29, 0.717) is 0 Å². The predicted octanol–water partition coefficient (Wildman–Crippen LogP) is 5.32. The van der Waals surface area contributed by atoms with Gasteiger partial charge in [0, 0.05) is 18.3 Å². The first-order chi connectivity index (χ1) is 8.74. The van der Waals surface area contributed by atoms with Crippen molar-refractivity contribution in [2.24, 2.45) is 0 Å². The minimum absolute atomic E-state index is 0.0670. The fourth-order valence-electron chi connectivity index (χ4n) is 2.11. The second-order valence-corrected chi connectivity index (χ2v) is 5.78. The van der Waals surface area contributed by atoms with Crippen molar-refractivity contribution in [3.8, 4) is 0 Å². The molecule has 1 rings (SSSR count). The predicted molar refractivity (Wildman–Crippen MR) is 79.1 cm³/mol. The molecule has 1 heterocycles. The smallest absolute Gasteiger partial charge is 0.0588 e. The highest BCUT2D eigenvalue weighted by atomic mass is 35.5. The van der Waals surface area contributed by atoms with Crippen LogP contribution in [0.25, 0.3) is 0 Å². The molecule has 0 aliphatic heterocycles. The lowest BCUT2D eigenvalue weighted by molar-refractivity contribution is 0.520. The Morgan fingerprint density at radius 3 is 2.28 bits per heavy atom. The molecule has 0 radical (unpaired) electrons. The van der Waals surface area contributed by atoms with Crippen LogP contribution in [0.2, 0.25) is 0 Å². The molecule has 0 spiro atoms. The van der Waals surface area contributed by atoms with E-state index in [4.69, 9.17) is 11.6 Å². The second-order valence-electron chi connectivity index (χ2n) is 5.13. The van der Waals surface area contributed by atoms with Crippen molar-refractivity contribution >= 4 is 11.6 Å². The number of halogens is 1. The van der Waals surface area contributed by atoms with E-state index >= 15 is 0 Å². The van der Waals surface area contributed by atoms with E-state index in [1.807, 2.05) is 17.8 Å². The summed E-state index contributed by atoms with van der Waals surface area (Å²) < 4.78 is 2.02. The highest BCUT2D eigenvalue weighted by molar-refractivity contribution is 6.20. The third-order valence-corrected chi connectivity index (χ3v) is 3.61. The lowest BCUT2D eigenvalue weighted by Gasteiger charge is -2.02. The molecule has 1 atom stereocenters. The zero-order chi connectivity index (χ0) is 13.2. The molecule has 0 aliphatic carbocycles. The van der Waals surface area contributed by atoms with Crippen molar-refractivity contribution in [1.82, 2.24) is 9.78 Å². The maximum absolute atomic E-state index is 6.01. The van der Waals surface area contributed by atoms with Crippen molar-refractivity contribution in [2.45, 2.75) is 77.1 Å². The fourth-order valence-corrected chi connectivity index (χ4v) is 2.23. The van der Waals surface area contributed by atoms with Gasteiger partial charge in [-0.1, -0.05) is 51.9 Å². The molecule has 0 aromatic carbocycles. The highest BCUT2D eigenvalue weighted by Crippen LogP contribution is 2.18. The number of aryl methyl sites for hydroxylation is 1. The Kier molecular flexibility index (Phi) is 8.15. The zero-order valence-corrected chi connectivity index (χ0v) is 12.6. The first-order valence-corrected chi connectivity index (χ1v) is 7.84. The minimum Gasteiger partial charge on any atom is -0.272 e. The van der Waals surface area contributed by atoms with E-state index in [1.165, 1.54) is 51.4 Å². The number of rotatable bonds is 10. The monoisotopic (exact) mass is 270 g/mol. The molecule has 1 aromatic rings. The van der Waals surface area contributed by atoms with Crippen molar-refractivity contribution in [3.63, 3.8) is 0 Å². The SMILES string of the molecule is CCCCCCCCCCn1cc(C(C)Cl)cn1. The molecule has 1 unspecified atom stereocenters. The summed E-state index contributed by atoms with van der Waals surface area (Å²) in [6.45, 7) is 5.28. The number of aromatic nitrogens is 2. The average Bonchev–Trinajstić information content (AvgIpc) is 2.81. The van der Waals surface area contributed by atoms with Gasteiger partial charge in [0.1, 0.15) is 0 Å². The molecule has 18 heavy (non-hydrogen) atoms. The number of unbranched alkanes of at least 4 members (excludes halogenated alkanes) is 7. The minimum atomic E-state index is 0.0670. The third kappa shape index (κ3) is 6.44. The summed E-state index contributed by atoms with van der Waals surface area (Å²) in [5.41, 5.74) is 1.12. The van der Waals surface area contributed by atoms with E-state index in [-0.39, 0.29) is 5.38 Å². The van der Waals surface area contributed by atoms with Crippen LogP contribution in [0, 0.1) is 0 Å². The van der Waals surface area contributed by atoms with E-state index in [9.17, 15) is 0 Å². The largest absolute Gasteiger partial charge is 0.272 e. The Hall–Kier alpha value is -0.500. The summed E-state index contributed by atoms with van der Waals surface area (Å²) in [5, 5.41) is 4.39. The first kappa shape index (κ1) is 15.6. The molecule has 0 bridgehead atoms. The molecule has 0 amide bonds. The van der Waals surface area contributed by atoms with Crippen LogP contribution >= 0.6 is 11.6 Å². The molecular weight excluding hydrogens is 244 g/mol. The van der Waals surface area contributed by atoms with Gasteiger partial charge in [-0.25, -0.2) is 0 Å². The summed E-state index contributed by atoms with van der Waals surface area (Å²) in [6.07, 6.45) is 14.8. The van der Waals surface area contributed by atoms with Gasteiger partial charge in [-0.15, -0.1) is 11.6 Å². The molecule has 0 aliphatic rings. The maximum atomic E-state index is 6.01. The van der Waals surface area contributed by atoms with Gasteiger partial charge >= 0.3 is 0 Å². The summed E-state index contributed by atoms with van der Waals surface area (Å²) in [6, 6.07) is 0. The standard InChI is InChI=1S/C15H27ClN2/c1-3-4-5-6-7-8-9-10-11-18-13-15(12-17-18)14(2)16/h12-14H,3-11H2,1-2H3. The molecule has 1 aromatic heterocycles. The average molecular weight is 271 g/mol. The van der Waals surface area contributed by atoms with Gasteiger partial charge in [0.05, 0.1) is 11.6 Å². The van der Waals surface area contributed by atoms with Crippen LogP contribution in [0.5, 0.6) is 0 Å². The van der Waals surface area contributed by atoms with Crippen molar-refractivity contribution < 1.29 is 0 Å². The fraction of sp³-hybridized carbons (Fsp3) is 0.800. The number of alkyl halides is 1. The topological polar surface area (TPSA) is 17.8 Å². The number of hydrogen-bond acceptors (Lipinski definition) is 1. The van der Waals surface area contributed by atoms with Gasteiger partial charge in [-0.05, 0) is 13.3 Å². The molecule has 0 saturated heterocycles. The second kappa shape index (κ2) is 9.43. The molecule has 2 nitrogen and oxygen atoms in total. The Bertz CT molecular complexity index is 307. The third-order valence-electron chi connectivity index (χ3n) is 3.35. The van der Waals surface area contributed by atoms with Crippen LogP contribution < -0.4 is 0 Å². The van der Waals surface area contributed by atoms with Crippen molar-refractivity contribution in [1.29, 1.82) is 0 Å². The van der Waals surface area contributed by atoms with Crippen LogP contribution in [-0.4, -0.2) is 9.78 Å². The summed E-state index contributed by atoms with van der Waals surface area (Å²) >= 11 is 6.01. The Balaban J connectivity index is 2.00. The lowest BCUT2D eigenvalue weighted by Crippen LogP contribution is -1.98. The zero-order valence-electron chi connectivity index (χ0n) is 11.9. The van der Waals surface area contributed by atoms with Crippen LogP contribution in [0.15, 0.2) is 12.4 Å². The summed E-state index contributed by atoms with van der Waals surface area (Å²) in [7, 11) is 0. The summed E-state index contributed by atoms with van der Waals surface area (Å²) in [4.78, 5) is 0. The van der Waals surface area contributed by atoms with E-state index in [1.54, 1.807) is 0 Å². The molecule has 0 saturated carbocycles. The quantitative estimate of drug-likeness (QED) is 0.415. The molecular formula is C15H27ClN2. The van der Waals surface area contributed by atoms with Gasteiger partial charge in [0.25, 0.3) is 0 Å². The Morgan fingerprint density at radius 2 is 1.72 bits per heavy atom. The normalized spacial score (nSPS) is 12.8. The van der Waals surface area contributed by atoms with Crippen molar-refractivity contribution in [2.75, 3.05) is 0 Å². The van der Waals surface area contributed by atoms with Crippen LogP contribution in [0.3, 0.4) is 0 Å². The maximum Gasteiger partial charge on any atom is 0.0588 e. The molecule has 3 heteroatoms.